The summed E-state index contributed by atoms with van der Waals surface area (Å²) in [6.45, 7) is 5.01. The minimum absolute atomic E-state index is 0.176. The molecule has 0 aromatic carbocycles. The molecule has 98 valence electrons. The van der Waals surface area contributed by atoms with E-state index < -0.39 is 23.2 Å². The fourth-order valence-electron chi connectivity index (χ4n) is 1.67. The number of methoxy groups -OCH3 is 1. The molecule has 0 aromatic heterocycles. The Morgan fingerprint density at radius 3 is 2.41 bits per heavy atom. The average Bonchev–Trinajstić information content (AvgIpc) is 2.88. The van der Waals surface area contributed by atoms with Gasteiger partial charge in [-0.15, -0.1) is 0 Å². The topological polar surface area (TPSA) is 84.9 Å². The third kappa shape index (κ3) is 3.09. The van der Waals surface area contributed by atoms with E-state index in [0.717, 1.165) is 0 Å². The molecule has 17 heavy (non-hydrogen) atoms. The molecule has 6 nitrogen and oxygen atoms in total. The van der Waals surface area contributed by atoms with E-state index in [1.54, 1.807) is 20.8 Å². The van der Waals surface area contributed by atoms with Crippen molar-refractivity contribution in [1.29, 1.82) is 0 Å². The molecular weight excluding hydrogens is 226 g/mol. The molecule has 0 unspecified atom stereocenters. The lowest BCUT2D eigenvalue weighted by Gasteiger charge is -2.22. The molecule has 0 spiro atoms. The molecule has 0 saturated heterocycles. The highest BCUT2D eigenvalue weighted by atomic mass is 16.6. The molecule has 1 fully saturated rings. The van der Waals surface area contributed by atoms with Crippen LogP contribution >= 0.6 is 0 Å². The predicted molar refractivity (Wildman–Crippen MR) is 59.3 cm³/mol. The number of esters is 1. The number of nitrogens with one attached hydrogen (secondary N) is 1. The van der Waals surface area contributed by atoms with Crippen LogP contribution in [-0.4, -0.2) is 42.0 Å². The first kappa shape index (κ1) is 13.8. The van der Waals surface area contributed by atoms with Crippen LogP contribution in [0.5, 0.6) is 0 Å². The minimum atomic E-state index is -1.12. The van der Waals surface area contributed by atoms with Crippen molar-refractivity contribution in [3.05, 3.63) is 0 Å². The molecule has 1 aliphatic carbocycles. The van der Waals surface area contributed by atoms with Crippen LogP contribution in [0.2, 0.25) is 0 Å². The van der Waals surface area contributed by atoms with Gasteiger partial charge in [-0.1, -0.05) is 0 Å². The molecule has 1 aliphatic rings. The molecule has 2 N–H and O–H groups in total. The van der Waals surface area contributed by atoms with Crippen LogP contribution in [-0.2, 0) is 14.3 Å². The van der Waals surface area contributed by atoms with Crippen LogP contribution in [0.1, 0.15) is 27.2 Å². The molecule has 0 heterocycles. The monoisotopic (exact) mass is 245 g/mol. The Bertz CT molecular complexity index is 322. The van der Waals surface area contributed by atoms with Crippen LogP contribution in [0.4, 0.5) is 4.79 Å². The van der Waals surface area contributed by atoms with E-state index in [2.05, 4.69) is 10.1 Å². The lowest BCUT2D eigenvalue weighted by molar-refractivity contribution is -0.145. The fraction of sp³-hybridized carbons (Fsp3) is 0.818. The number of rotatable bonds is 3. The number of aliphatic hydroxyl groups excluding tert-OH is 1. The Morgan fingerprint density at radius 2 is 2.06 bits per heavy atom. The number of carbonyl (C=O) groups is 2. The third-order valence-corrected chi connectivity index (χ3v) is 2.60. The van der Waals surface area contributed by atoms with Gasteiger partial charge in [-0.2, -0.15) is 0 Å². The van der Waals surface area contributed by atoms with Crippen molar-refractivity contribution in [3.63, 3.8) is 0 Å². The third-order valence-electron chi connectivity index (χ3n) is 2.60. The second-order valence-electron chi connectivity index (χ2n) is 5.17. The molecule has 1 saturated carbocycles. The van der Waals surface area contributed by atoms with E-state index in [0.29, 0.717) is 6.42 Å². The number of hydrogen-bond donors (Lipinski definition) is 2. The molecule has 0 aromatic rings. The van der Waals surface area contributed by atoms with Crippen molar-refractivity contribution < 1.29 is 24.2 Å². The quantitative estimate of drug-likeness (QED) is 0.704. The highest BCUT2D eigenvalue weighted by Crippen LogP contribution is 2.44. The number of carbonyl (C=O) groups excluding carboxylic acids is 2. The maximum atomic E-state index is 11.6. The lowest BCUT2D eigenvalue weighted by atomic mass is 10.2. The van der Waals surface area contributed by atoms with Gasteiger partial charge in [0.1, 0.15) is 11.1 Å². The van der Waals surface area contributed by atoms with Crippen molar-refractivity contribution in [2.24, 2.45) is 5.92 Å². The SMILES string of the molecule is COC(=O)[C@]1(NC(=O)OC(C)(C)C)C[C@@H]1CO. The fourth-order valence-corrected chi connectivity index (χ4v) is 1.67. The van der Waals surface area contributed by atoms with E-state index in [4.69, 9.17) is 9.84 Å². The first-order valence-electron chi connectivity index (χ1n) is 5.45. The number of aliphatic hydroxyl groups is 1. The molecule has 1 amide bonds. The van der Waals surface area contributed by atoms with Gasteiger partial charge in [-0.25, -0.2) is 9.59 Å². The summed E-state index contributed by atoms with van der Waals surface area (Å²) in [5, 5.41) is 11.5. The summed E-state index contributed by atoms with van der Waals surface area (Å²) in [6, 6.07) is 0. The van der Waals surface area contributed by atoms with Gasteiger partial charge in [0.25, 0.3) is 0 Å². The average molecular weight is 245 g/mol. The van der Waals surface area contributed by atoms with Gasteiger partial charge in [0.2, 0.25) is 0 Å². The van der Waals surface area contributed by atoms with E-state index in [9.17, 15) is 9.59 Å². The smallest absolute Gasteiger partial charge is 0.408 e. The summed E-state index contributed by atoms with van der Waals surface area (Å²) >= 11 is 0. The van der Waals surface area contributed by atoms with Crippen LogP contribution in [0, 0.1) is 5.92 Å². The zero-order chi connectivity index (χ0) is 13.3. The van der Waals surface area contributed by atoms with Crippen LogP contribution in [0.15, 0.2) is 0 Å². The molecular formula is C11H19NO5. The van der Waals surface area contributed by atoms with Gasteiger partial charge in [-0.3, -0.25) is 0 Å². The van der Waals surface area contributed by atoms with Gasteiger partial charge in [-0.05, 0) is 27.2 Å². The molecule has 6 heteroatoms. The van der Waals surface area contributed by atoms with Crippen molar-refractivity contribution in [3.8, 4) is 0 Å². The second-order valence-corrected chi connectivity index (χ2v) is 5.17. The molecule has 0 radical (unpaired) electrons. The molecule has 1 rings (SSSR count). The normalized spacial score (nSPS) is 27.2. The summed E-state index contributed by atoms with van der Waals surface area (Å²) in [5.74, 6) is -0.857. The zero-order valence-electron chi connectivity index (χ0n) is 10.6. The summed E-state index contributed by atoms with van der Waals surface area (Å²) < 4.78 is 9.68. The van der Waals surface area contributed by atoms with E-state index in [1.165, 1.54) is 7.11 Å². The summed E-state index contributed by atoms with van der Waals surface area (Å²) in [4.78, 5) is 23.1. The van der Waals surface area contributed by atoms with Gasteiger partial charge in [0.15, 0.2) is 0 Å². The van der Waals surface area contributed by atoms with Gasteiger partial charge < -0.3 is 19.9 Å². The van der Waals surface area contributed by atoms with Gasteiger partial charge in [0, 0.05) is 12.5 Å². The number of hydrogen-bond acceptors (Lipinski definition) is 5. The standard InChI is InChI=1S/C11H19NO5/c1-10(2,3)17-9(15)12-11(8(14)16-4)5-7(11)6-13/h7,13H,5-6H2,1-4H3,(H,12,15)/t7-,11+/m1/s1. The van der Waals surface area contributed by atoms with E-state index in [1.807, 2.05) is 0 Å². The number of alkyl carbamates (subject to hydrolysis) is 1. The first-order chi connectivity index (χ1) is 7.75. The molecule has 0 aliphatic heterocycles. The Hall–Kier alpha value is -1.30. The summed E-state index contributed by atoms with van der Waals surface area (Å²) in [5.41, 5.74) is -1.75. The Kier molecular flexibility index (Phi) is 3.66. The lowest BCUT2D eigenvalue weighted by Crippen LogP contribution is -2.47. The molecule has 2 atom stereocenters. The number of ether oxygens (including phenoxy) is 2. The van der Waals surface area contributed by atoms with Crippen LogP contribution in [0.25, 0.3) is 0 Å². The zero-order valence-corrected chi connectivity index (χ0v) is 10.6. The maximum absolute atomic E-state index is 11.6. The van der Waals surface area contributed by atoms with E-state index >= 15 is 0 Å². The Morgan fingerprint density at radius 1 is 1.47 bits per heavy atom. The Balaban J connectivity index is 2.64. The number of amides is 1. The molecule has 0 bridgehead atoms. The minimum Gasteiger partial charge on any atom is -0.467 e. The van der Waals surface area contributed by atoms with Crippen molar-refractivity contribution >= 4 is 12.1 Å². The van der Waals surface area contributed by atoms with Crippen molar-refractivity contribution in [2.45, 2.75) is 38.3 Å². The van der Waals surface area contributed by atoms with Crippen LogP contribution < -0.4 is 5.32 Å². The highest BCUT2D eigenvalue weighted by molar-refractivity contribution is 5.89. The summed E-state index contributed by atoms with van der Waals surface area (Å²) in [6.07, 6.45) is -0.311. The van der Waals surface area contributed by atoms with E-state index in [-0.39, 0.29) is 12.5 Å². The second kappa shape index (κ2) is 4.52. The van der Waals surface area contributed by atoms with Crippen molar-refractivity contribution in [2.75, 3.05) is 13.7 Å². The van der Waals surface area contributed by atoms with Gasteiger partial charge >= 0.3 is 12.1 Å². The van der Waals surface area contributed by atoms with Gasteiger partial charge in [0.05, 0.1) is 7.11 Å². The van der Waals surface area contributed by atoms with Crippen molar-refractivity contribution in [1.82, 2.24) is 5.32 Å². The highest BCUT2D eigenvalue weighted by Gasteiger charge is 2.62. The van der Waals surface area contributed by atoms with Crippen LogP contribution in [0.3, 0.4) is 0 Å². The first-order valence-corrected chi connectivity index (χ1v) is 5.45. The largest absolute Gasteiger partial charge is 0.467 e. The maximum Gasteiger partial charge on any atom is 0.408 e. The summed E-state index contributed by atoms with van der Waals surface area (Å²) in [7, 11) is 1.24. The predicted octanol–water partition coefficient (Wildman–Crippen LogP) is 0.435. The Labute approximate surface area is 100 Å².